The average molecular weight is 259 g/mol. The zero-order chi connectivity index (χ0) is 13.5. The summed E-state index contributed by atoms with van der Waals surface area (Å²) in [5, 5.41) is 3.48. The molecule has 0 bridgehead atoms. The van der Waals surface area contributed by atoms with Crippen molar-refractivity contribution in [2.24, 2.45) is 0 Å². The van der Waals surface area contributed by atoms with Crippen molar-refractivity contribution < 1.29 is 0 Å². The van der Waals surface area contributed by atoms with E-state index in [0.717, 1.165) is 37.3 Å². The first-order chi connectivity index (χ1) is 9.33. The van der Waals surface area contributed by atoms with Gasteiger partial charge in [0.2, 0.25) is 0 Å². The van der Waals surface area contributed by atoms with Crippen molar-refractivity contribution in [3.63, 3.8) is 0 Å². The molecule has 0 radical (unpaired) electrons. The Bertz CT molecular complexity index is 502. The summed E-state index contributed by atoms with van der Waals surface area (Å²) >= 11 is 0. The lowest BCUT2D eigenvalue weighted by Gasteiger charge is -2.01. The lowest BCUT2D eigenvalue weighted by atomic mass is 10.1. The van der Waals surface area contributed by atoms with Crippen LogP contribution in [-0.2, 0) is 12.8 Å². The number of benzene rings is 1. The molecule has 0 saturated heterocycles. The van der Waals surface area contributed by atoms with Gasteiger partial charge >= 0.3 is 0 Å². The lowest BCUT2D eigenvalue weighted by molar-refractivity contribution is 0.612. The molecule has 2 aromatic rings. The highest BCUT2D eigenvalue weighted by molar-refractivity contribution is 5.75. The van der Waals surface area contributed by atoms with Crippen LogP contribution in [0.15, 0.2) is 18.2 Å². The number of unbranched alkanes of at least 4 members (excludes halogenated alkanes) is 2. The van der Waals surface area contributed by atoms with E-state index in [4.69, 9.17) is 0 Å². The standard InChI is InChI=1S/C16H25N3/c1-3-5-6-10-17-11-9-16-18-14-8-7-13(4-2)12-15(14)19-16/h7-8,12,17H,3-6,9-11H2,1-2H3,(H,18,19). The fourth-order valence-corrected chi connectivity index (χ4v) is 2.28. The molecule has 2 N–H and O–H groups in total. The van der Waals surface area contributed by atoms with E-state index in [-0.39, 0.29) is 0 Å². The first-order valence-corrected chi connectivity index (χ1v) is 7.51. The van der Waals surface area contributed by atoms with Crippen LogP contribution >= 0.6 is 0 Å². The molecule has 19 heavy (non-hydrogen) atoms. The van der Waals surface area contributed by atoms with E-state index >= 15 is 0 Å². The molecule has 0 unspecified atom stereocenters. The number of fused-ring (bicyclic) bond motifs is 1. The number of aryl methyl sites for hydroxylation is 1. The first-order valence-electron chi connectivity index (χ1n) is 7.51. The summed E-state index contributed by atoms with van der Waals surface area (Å²) in [6.07, 6.45) is 5.92. The van der Waals surface area contributed by atoms with Gasteiger partial charge in [-0.25, -0.2) is 4.98 Å². The summed E-state index contributed by atoms with van der Waals surface area (Å²) in [6, 6.07) is 6.49. The summed E-state index contributed by atoms with van der Waals surface area (Å²) in [5.41, 5.74) is 3.61. The second-order valence-corrected chi connectivity index (χ2v) is 5.10. The van der Waals surface area contributed by atoms with Gasteiger partial charge in [-0.3, -0.25) is 0 Å². The molecule has 1 aromatic heterocycles. The molecule has 0 aliphatic heterocycles. The Morgan fingerprint density at radius 2 is 2.05 bits per heavy atom. The SMILES string of the molecule is CCCCCNCCc1nc2ccc(CC)cc2[nH]1. The third-order valence-corrected chi connectivity index (χ3v) is 3.50. The summed E-state index contributed by atoms with van der Waals surface area (Å²) in [4.78, 5) is 8.05. The summed E-state index contributed by atoms with van der Waals surface area (Å²) in [6.45, 7) is 6.54. The van der Waals surface area contributed by atoms with Crippen LogP contribution in [0.4, 0.5) is 0 Å². The van der Waals surface area contributed by atoms with Crippen molar-refractivity contribution in [2.45, 2.75) is 46.0 Å². The first kappa shape index (κ1) is 14.1. The van der Waals surface area contributed by atoms with Gasteiger partial charge < -0.3 is 10.3 Å². The number of nitrogens with zero attached hydrogens (tertiary/aromatic N) is 1. The summed E-state index contributed by atoms with van der Waals surface area (Å²) in [7, 11) is 0. The van der Waals surface area contributed by atoms with E-state index in [1.54, 1.807) is 0 Å². The van der Waals surface area contributed by atoms with Gasteiger partial charge in [-0.15, -0.1) is 0 Å². The van der Waals surface area contributed by atoms with E-state index in [0.29, 0.717) is 0 Å². The number of hydrogen-bond acceptors (Lipinski definition) is 2. The Morgan fingerprint density at radius 3 is 2.84 bits per heavy atom. The second-order valence-electron chi connectivity index (χ2n) is 5.10. The fraction of sp³-hybridized carbons (Fsp3) is 0.562. The van der Waals surface area contributed by atoms with Crippen LogP contribution in [0.25, 0.3) is 11.0 Å². The fourth-order valence-electron chi connectivity index (χ4n) is 2.28. The lowest BCUT2D eigenvalue weighted by Crippen LogP contribution is -2.18. The maximum Gasteiger partial charge on any atom is 0.108 e. The highest BCUT2D eigenvalue weighted by atomic mass is 14.9. The van der Waals surface area contributed by atoms with Crippen LogP contribution in [0.5, 0.6) is 0 Å². The number of imidazole rings is 1. The number of nitrogens with one attached hydrogen (secondary N) is 2. The number of hydrogen-bond donors (Lipinski definition) is 2. The van der Waals surface area contributed by atoms with E-state index in [1.165, 1.54) is 30.3 Å². The molecule has 0 atom stereocenters. The Kier molecular flexibility index (Phi) is 5.40. The topological polar surface area (TPSA) is 40.7 Å². The Hall–Kier alpha value is -1.35. The molecule has 0 aliphatic carbocycles. The molecule has 104 valence electrons. The molecule has 3 heteroatoms. The largest absolute Gasteiger partial charge is 0.342 e. The second kappa shape index (κ2) is 7.29. The van der Waals surface area contributed by atoms with Gasteiger partial charge in [-0.05, 0) is 37.1 Å². The van der Waals surface area contributed by atoms with Gasteiger partial charge in [0.05, 0.1) is 11.0 Å². The maximum absolute atomic E-state index is 4.63. The molecule has 0 spiro atoms. The van der Waals surface area contributed by atoms with Crippen LogP contribution < -0.4 is 5.32 Å². The van der Waals surface area contributed by atoms with Crippen LogP contribution in [0, 0.1) is 0 Å². The van der Waals surface area contributed by atoms with Gasteiger partial charge in [-0.2, -0.15) is 0 Å². The number of rotatable bonds is 8. The van der Waals surface area contributed by atoms with Crippen LogP contribution in [-0.4, -0.2) is 23.1 Å². The normalized spacial score (nSPS) is 11.3. The van der Waals surface area contributed by atoms with E-state index in [9.17, 15) is 0 Å². The van der Waals surface area contributed by atoms with Crippen molar-refractivity contribution in [3.8, 4) is 0 Å². The predicted molar refractivity (Wildman–Crippen MR) is 81.6 cm³/mol. The van der Waals surface area contributed by atoms with E-state index < -0.39 is 0 Å². The summed E-state index contributed by atoms with van der Waals surface area (Å²) < 4.78 is 0. The van der Waals surface area contributed by atoms with Crippen molar-refractivity contribution in [3.05, 3.63) is 29.6 Å². The minimum atomic E-state index is 0.974. The van der Waals surface area contributed by atoms with E-state index in [1.807, 2.05) is 0 Å². The Morgan fingerprint density at radius 1 is 1.16 bits per heavy atom. The highest BCUT2D eigenvalue weighted by Gasteiger charge is 2.03. The predicted octanol–water partition coefficient (Wildman–Crippen LogP) is 3.45. The monoisotopic (exact) mass is 259 g/mol. The van der Waals surface area contributed by atoms with E-state index in [2.05, 4.69) is 47.3 Å². The van der Waals surface area contributed by atoms with Crippen molar-refractivity contribution in [1.29, 1.82) is 0 Å². The van der Waals surface area contributed by atoms with Gasteiger partial charge in [0, 0.05) is 13.0 Å². The highest BCUT2D eigenvalue weighted by Crippen LogP contribution is 2.14. The molecule has 0 amide bonds. The number of H-pyrrole nitrogens is 1. The number of aromatic nitrogens is 2. The molecule has 0 aliphatic rings. The molecule has 0 fully saturated rings. The molecular weight excluding hydrogens is 234 g/mol. The van der Waals surface area contributed by atoms with Gasteiger partial charge in [0.25, 0.3) is 0 Å². The third kappa shape index (κ3) is 4.06. The molecule has 2 rings (SSSR count). The Labute approximate surface area is 115 Å². The Balaban J connectivity index is 1.84. The maximum atomic E-state index is 4.63. The molecule has 1 heterocycles. The molecule has 3 nitrogen and oxygen atoms in total. The molecular formula is C16H25N3. The smallest absolute Gasteiger partial charge is 0.108 e. The van der Waals surface area contributed by atoms with Crippen molar-refractivity contribution >= 4 is 11.0 Å². The van der Waals surface area contributed by atoms with Crippen LogP contribution in [0.1, 0.15) is 44.5 Å². The van der Waals surface area contributed by atoms with Crippen LogP contribution in [0.3, 0.4) is 0 Å². The summed E-state index contributed by atoms with van der Waals surface area (Å²) in [5.74, 6) is 1.09. The van der Waals surface area contributed by atoms with Gasteiger partial charge in [0.1, 0.15) is 5.82 Å². The minimum absolute atomic E-state index is 0.974. The van der Waals surface area contributed by atoms with Crippen molar-refractivity contribution in [1.82, 2.24) is 15.3 Å². The van der Waals surface area contributed by atoms with Crippen molar-refractivity contribution in [2.75, 3.05) is 13.1 Å². The molecule has 1 aromatic carbocycles. The molecule has 0 saturated carbocycles. The quantitative estimate of drug-likeness (QED) is 0.713. The third-order valence-electron chi connectivity index (χ3n) is 3.50. The zero-order valence-electron chi connectivity index (χ0n) is 12.1. The average Bonchev–Trinajstić information content (AvgIpc) is 2.84. The van der Waals surface area contributed by atoms with Crippen LogP contribution in [0.2, 0.25) is 0 Å². The number of aromatic amines is 1. The minimum Gasteiger partial charge on any atom is -0.342 e. The van der Waals surface area contributed by atoms with Gasteiger partial charge in [0.15, 0.2) is 0 Å². The zero-order valence-corrected chi connectivity index (χ0v) is 12.1. The van der Waals surface area contributed by atoms with Gasteiger partial charge in [-0.1, -0.05) is 32.8 Å².